The van der Waals surface area contributed by atoms with Gasteiger partial charge < -0.3 is 15.0 Å². The van der Waals surface area contributed by atoms with E-state index in [1.54, 1.807) is 24.3 Å². The van der Waals surface area contributed by atoms with Gasteiger partial charge in [0, 0.05) is 43.1 Å². The van der Waals surface area contributed by atoms with Crippen LogP contribution in [0.3, 0.4) is 0 Å². The predicted molar refractivity (Wildman–Crippen MR) is 102 cm³/mol. The van der Waals surface area contributed by atoms with Gasteiger partial charge in [-0.25, -0.2) is 9.18 Å². The Morgan fingerprint density at radius 1 is 1.41 bits per heavy atom. The standard InChI is InChI=1S/C20H20FN3O3/c1-11(2)16-17-13(19(25)14(9-23-17)20(26)27)7-15(21)18(16)24(3)10-12-5-4-6-22-8-12/h4-9,11H,10H2,1-3H3,(H,23,25)(H,26,27). The highest BCUT2D eigenvalue weighted by Crippen LogP contribution is 2.35. The van der Waals surface area contributed by atoms with Crippen LogP contribution in [0, 0.1) is 5.82 Å². The number of benzene rings is 1. The summed E-state index contributed by atoms with van der Waals surface area (Å²) in [5.41, 5.74) is 1.27. The number of aromatic carboxylic acids is 1. The summed E-state index contributed by atoms with van der Waals surface area (Å²) in [6.07, 6.45) is 4.55. The van der Waals surface area contributed by atoms with E-state index in [4.69, 9.17) is 5.11 Å². The maximum atomic E-state index is 15.0. The van der Waals surface area contributed by atoms with E-state index in [0.717, 1.165) is 11.6 Å². The molecule has 0 atom stereocenters. The van der Waals surface area contributed by atoms with E-state index >= 15 is 4.39 Å². The predicted octanol–water partition coefficient (Wildman–Crippen LogP) is 3.52. The smallest absolute Gasteiger partial charge is 0.341 e. The molecule has 0 spiro atoms. The Kier molecular flexibility index (Phi) is 4.94. The molecular formula is C20H20FN3O3. The van der Waals surface area contributed by atoms with Crippen LogP contribution in [-0.4, -0.2) is 28.1 Å². The van der Waals surface area contributed by atoms with Gasteiger partial charge in [0.15, 0.2) is 0 Å². The zero-order valence-corrected chi connectivity index (χ0v) is 15.3. The first kappa shape index (κ1) is 18.6. The highest BCUT2D eigenvalue weighted by Gasteiger charge is 2.23. The molecule has 140 valence electrons. The molecule has 0 amide bonds. The fraction of sp³-hybridized carbons (Fsp3) is 0.250. The molecule has 0 saturated carbocycles. The molecule has 2 N–H and O–H groups in total. The van der Waals surface area contributed by atoms with E-state index < -0.39 is 22.8 Å². The number of fused-ring (bicyclic) bond motifs is 1. The number of anilines is 1. The number of carboxylic acids is 1. The molecular weight excluding hydrogens is 349 g/mol. The molecule has 6 nitrogen and oxygen atoms in total. The van der Waals surface area contributed by atoms with Crippen molar-refractivity contribution in [2.75, 3.05) is 11.9 Å². The number of nitrogens with one attached hydrogen (secondary N) is 1. The Hall–Kier alpha value is -3.22. The molecule has 0 unspecified atom stereocenters. The molecule has 1 aromatic carbocycles. The third-order valence-corrected chi connectivity index (χ3v) is 4.47. The van der Waals surface area contributed by atoms with E-state index in [0.29, 0.717) is 23.3 Å². The second kappa shape index (κ2) is 7.19. The van der Waals surface area contributed by atoms with Gasteiger partial charge >= 0.3 is 5.97 Å². The van der Waals surface area contributed by atoms with Gasteiger partial charge in [-0.3, -0.25) is 9.78 Å². The first-order valence-corrected chi connectivity index (χ1v) is 8.52. The minimum Gasteiger partial charge on any atom is -0.477 e. The molecule has 0 radical (unpaired) electrons. The molecule has 2 heterocycles. The number of aromatic nitrogens is 2. The number of carboxylic acid groups (broad SMARTS) is 1. The van der Waals surface area contributed by atoms with Crippen molar-refractivity contribution in [3.63, 3.8) is 0 Å². The van der Waals surface area contributed by atoms with Gasteiger partial charge in [0.2, 0.25) is 5.43 Å². The van der Waals surface area contributed by atoms with Gasteiger partial charge in [-0.1, -0.05) is 19.9 Å². The first-order valence-electron chi connectivity index (χ1n) is 8.52. The van der Waals surface area contributed by atoms with Crippen LogP contribution in [0.25, 0.3) is 10.9 Å². The number of H-pyrrole nitrogens is 1. The number of rotatable bonds is 5. The monoisotopic (exact) mass is 369 g/mol. The minimum atomic E-state index is -1.34. The molecule has 0 aliphatic heterocycles. The van der Waals surface area contributed by atoms with Crippen LogP contribution in [0.1, 0.15) is 41.3 Å². The molecule has 0 fully saturated rings. The number of hydrogen-bond donors (Lipinski definition) is 2. The third kappa shape index (κ3) is 3.40. The van der Waals surface area contributed by atoms with Crippen molar-refractivity contribution in [2.45, 2.75) is 26.3 Å². The zero-order chi connectivity index (χ0) is 19.7. The van der Waals surface area contributed by atoms with Crippen LogP contribution in [-0.2, 0) is 6.54 Å². The van der Waals surface area contributed by atoms with Crippen molar-refractivity contribution in [2.24, 2.45) is 0 Å². The average molecular weight is 369 g/mol. The van der Waals surface area contributed by atoms with Gasteiger partial charge in [0.05, 0.1) is 11.2 Å². The Balaban J connectivity index is 2.22. The van der Waals surface area contributed by atoms with Gasteiger partial charge in [-0.05, 0) is 23.6 Å². The number of hydrogen-bond acceptors (Lipinski definition) is 4. The average Bonchev–Trinajstić information content (AvgIpc) is 2.61. The Morgan fingerprint density at radius 3 is 2.74 bits per heavy atom. The summed E-state index contributed by atoms with van der Waals surface area (Å²) in [5, 5.41) is 9.19. The van der Waals surface area contributed by atoms with Crippen LogP contribution in [0.15, 0.2) is 41.6 Å². The summed E-state index contributed by atoms with van der Waals surface area (Å²) in [5.74, 6) is -2.01. The molecule has 0 bridgehead atoms. The van der Waals surface area contributed by atoms with Gasteiger partial charge in [0.25, 0.3) is 0 Å². The lowest BCUT2D eigenvalue weighted by molar-refractivity contribution is 0.0695. The van der Waals surface area contributed by atoms with E-state index in [2.05, 4.69) is 9.97 Å². The topological polar surface area (TPSA) is 86.3 Å². The molecule has 27 heavy (non-hydrogen) atoms. The van der Waals surface area contributed by atoms with Crippen LogP contribution >= 0.6 is 0 Å². The molecule has 3 aromatic rings. The number of pyridine rings is 2. The van der Waals surface area contributed by atoms with Crippen LogP contribution < -0.4 is 10.3 Å². The Labute approximate surface area is 155 Å². The van der Waals surface area contributed by atoms with Crippen molar-refractivity contribution in [1.82, 2.24) is 9.97 Å². The van der Waals surface area contributed by atoms with Gasteiger partial charge in [-0.2, -0.15) is 0 Å². The lowest BCUT2D eigenvalue weighted by atomic mass is 9.95. The molecule has 3 rings (SSSR count). The van der Waals surface area contributed by atoms with Gasteiger partial charge in [0.1, 0.15) is 11.4 Å². The summed E-state index contributed by atoms with van der Waals surface area (Å²) < 4.78 is 15.0. The largest absolute Gasteiger partial charge is 0.477 e. The van der Waals surface area contributed by atoms with E-state index in [9.17, 15) is 9.59 Å². The SMILES string of the molecule is CC(C)c1c(N(C)Cc2cccnc2)c(F)cc2c(=O)c(C(=O)O)c[nH]c12. The number of carbonyl (C=O) groups is 1. The summed E-state index contributed by atoms with van der Waals surface area (Å²) in [6, 6.07) is 4.83. The van der Waals surface area contributed by atoms with Crippen molar-refractivity contribution < 1.29 is 14.3 Å². The maximum absolute atomic E-state index is 15.0. The lowest BCUT2D eigenvalue weighted by Gasteiger charge is -2.26. The molecule has 7 heteroatoms. The van der Waals surface area contributed by atoms with Crippen molar-refractivity contribution in [3.8, 4) is 0 Å². The normalized spacial score (nSPS) is 11.1. The van der Waals surface area contributed by atoms with Crippen LogP contribution in [0.5, 0.6) is 0 Å². The van der Waals surface area contributed by atoms with Gasteiger partial charge in [-0.15, -0.1) is 0 Å². The van der Waals surface area contributed by atoms with Crippen LogP contribution in [0.2, 0.25) is 0 Å². The summed E-state index contributed by atoms with van der Waals surface area (Å²) >= 11 is 0. The second-order valence-electron chi connectivity index (χ2n) is 6.75. The fourth-order valence-electron chi connectivity index (χ4n) is 3.30. The highest BCUT2D eigenvalue weighted by atomic mass is 19.1. The molecule has 0 saturated heterocycles. The van der Waals surface area contributed by atoms with Crippen LogP contribution in [0.4, 0.5) is 10.1 Å². The van der Waals surface area contributed by atoms with E-state index in [1.165, 1.54) is 6.20 Å². The number of halogens is 1. The summed E-state index contributed by atoms with van der Waals surface area (Å²) in [4.78, 5) is 32.4. The summed E-state index contributed by atoms with van der Waals surface area (Å²) in [6.45, 7) is 4.24. The number of aromatic amines is 1. The lowest BCUT2D eigenvalue weighted by Crippen LogP contribution is -2.22. The Bertz CT molecular complexity index is 1060. The molecule has 0 aliphatic carbocycles. The van der Waals surface area contributed by atoms with Crippen molar-refractivity contribution in [3.05, 3.63) is 69.5 Å². The number of nitrogens with zero attached hydrogens (tertiary/aromatic N) is 2. The van der Waals surface area contributed by atoms with Crippen molar-refractivity contribution in [1.29, 1.82) is 0 Å². The fourth-order valence-corrected chi connectivity index (χ4v) is 3.30. The van der Waals surface area contributed by atoms with E-state index in [1.807, 2.05) is 26.0 Å². The van der Waals surface area contributed by atoms with Crippen molar-refractivity contribution >= 4 is 22.6 Å². The van der Waals surface area contributed by atoms with E-state index in [-0.39, 0.29) is 11.3 Å². The molecule has 0 aliphatic rings. The minimum absolute atomic E-state index is 0.0367. The zero-order valence-electron chi connectivity index (χ0n) is 15.3. The highest BCUT2D eigenvalue weighted by molar-refractivity contribution is 5.95. The first-order chi connectivity index (χ1) is 12.8. The quantitative estimate of drug-likeness (QED) is 0.719. The second-order valence-corrected chi connectivity index (χ2v) is 6.75. The summed E-state index contributed by atoms with van der Waals surface area (Å²) in [7, 11) is 1.77. The third-order valence-electron chi connectivity index (χ3n) is 4.47. The Morgan fingerprint density at radius 2 is 2.15 bits per heavy atom. The maximum Gasteiger partial charge on any atom is 0.341 e. The molecule has 2 aromatic heterocycles.